The average molecular weight is 239 g/mol. The van der Waals surface area contributed by atoms with Crippen LogP contribution in [0.15, 0.2) is 18.5 Å². The van der Waals surface area contributed by atoms with E-state index in [4.69, 9.17) is 0 Å². The lowest BCUT2D eigenvalue weighted by atomic mass is 10.2. The largest absolute Gasteiger partial charge is 0.387 e. The van der Waals surface area contributed by atoms with Gasteiger partial charge in [0.15, 0.2) is 0 Å². The summed E-state index contributed by atoms with van der Waals surface area (Å²) < 4.78 is 0. The van der Waals surface area contributed by atoms with Crippen LogP contribution in [0.5, 0.6) is 0 Å². The number of nitrogens with one attached hydrogen (secondary N) is 2. The molecular formula is C12H21N3S. The molecule has 2 N–H and O–H groups in total. The molecule has 0 bridgehead atoms. The highest BCUT2D eigenvalue weighted by molar-refractivity contribution is 7.98. The van der Waals surface area contributed by atoms with Crippen molar-refractivity contribution in [3.8, 4) is 0 Å². The minimum Gasteiger partial charge on any atom is -0.387 e. The van der Waals surface area contributed by atoms with Gasteiger partial charge < -0.3 is 10.6 Å². The van der Waals surface area contributed by atoms with E-state index in [9.17, 15) is 0 Å². The fourth-order valence-corrected chi connectivity index (χ4v) is 1.95. The molecule has 0 aliphatic rings. The number of pyridine rings is 1. The van der Waals surface area contributed by atoms with Gasteiger partial charge in [0.2, 0.25) is 0 Å². The third-order valence-electron chi connectivity index (χ3n) is 2.38. The average Bonchev–Trinajstić information content (AvgIpc) is 2.34. The number of rotatable bonds is 8. The normalized spacial score (nSPS) is 10.1. The predicted molar refractivity (Wildman–Crippen MR) is 74.5 cm³/mol. The van der Waals surface area contributed by atoms with Crippen molar-refractivity contribution in [3.63, 3.8) is 0 Å². The second-order valence-electron chi connectivity index (χ2n) is 3.69. The van der Waals surface area contributed by atoms with Gasteiger partial charge in [0, 0.05) is 13.6 Å². The standard InChI is InChI=1S/C12H21N3S/c1-13-11-8-12(10-14-9-11)15-6-4-3-5-7-16-2/h8-10,13,15H,3-7H2,1-2H3. The molecule has 1 aromatic rings. The van der Waals surface area contributed by atoms with Gasteiger partial charge in [-0.1, -0.05) is 6.42 Å². The molecule has 1 rings (SSSR count). The molecule has 0 amide bonds. The summed E-state index contributed by atoms with van der Waals surface area (Å²) in [5.74, 6) is 1.27. The summed E-state index contributed by atoms with van der Waals surface area (Å²) in [5.41, 5.74) is 2.14. The maximum absolute atomic E-state index is 4.16. The van der Waals surface area contributed by atoms with Gasteiger partial charge in [-0.05, 0) is 30.9 Å². The molecule has 0 fully saturated rings. The van der Waals surface area contributed by atoms with Crippen LogP contribution in [0, 0.1) is 0 Å². The minimum atomic E-state index is 1.03. The first-order valence-corrected chi connectivity index (χ1v) is 7.12. The summed E-state index contributed by atoms with van der Waals surface area (Å²) in [4.78, 5) is 4.16. The minimum absolute atomic E-state index is 1.03. The molecule has 0 saturated heterocycles. The zero-order valence-corrected chi connectivity index (χ0v) is 10.9. The fraction of sp³-hybridized carbons (Fsp3) is 0.583. The van der Waals surface area contributed by atoms with E-state index in [0.717, 1.165) is 17.9 Å². The first-order valence-electron chi connectivity index (χ1n) is 5.72. The Bertz CT molecular complexity index is 291. The third kappa shape index (κ3) is 5.26. The van der Waals surface area contributed by atoms with Crippen molar-refractivity contribution in [3.05, 3.63) is 18.5 Å². The number of hydrogen-bond donors (Lipinski definition) is 2. The van der Waals surface area contributed by atoms with E-state index >= 15 is 0 Å². The second kappa shape index (κ2) is 8.28. The van der Waals surface area contributed by atoms with Crippen molar-refractivity contribution in [2.45, 2.75) is 19.3 Å². The summed E-state index contributed by atoms with van der Waals surface area (Å²) in [6.45, 7) is 1.03. The van der Waals surface area contributed by atoms with Crippen LogP contribution in [0.1, 0.15) is 19.3 Å². The Morgan fingerprint density at radius 2 is 2.00 bits per heavy atom. The van der Waals surface area contributed by atoms with Gasteiger partial charge in [-0.3, -0.25) is 4.98 Å². The summed E-state index contributed by atoms with van der Waals surface area (Å²) in [5, 5.41) is 6.47. The van der Waals surface area contributed by atoms with Gasteiger partial charge in [-0.2, -0.15) is 11.8 Å². The zero-order valence-electron chi connectivity index (χ0n) is 10.1. The van der Waals surface area contributed by atoms with Gasteiger partial charge in [0.1, 0.15) is 0 Å². The Hall–Kier alpha value is -0.900. The molecule has 4 heteroatoms. The Morgan fingerprint density at radius 3 is 2.75 bits per heavy atom. The monoisotopic (exact) mass is 239 g/mol. The van der Waals surface area contributed by atoms with E-state index in [1.54, 1.807) is 0 Å². The lowest BCUT2D eigenvalue weighted by Gasteiger charge is -2.07. The topological polar surface area (TPSA) is 37.0 Å². The molecule has 16 heavy (non-hydrogen) atoms. The number of hydrogen-bond acceptors (Lipinski definition) is 4. The molecule has 0 aliphatic carbocycles. The zero-order chi connectivity index (χ0) is 11.6. The van der Waals surface area contributed by atoms with E-state index in [1.807, 2.05) is 31.2 Å². The smallest absolute Gasteiger partial charge is 0.0547 e. The van der Waals surface area contributed by atoms with Crippen molar-refractivity contribution >= 4 is 23.1 Å². The first kappa shape index (κ1) is 13.2. The molecule has 1 heterocycles. The van der Waals surface area contributed by atoms with E-state index in [-0.39, 0.29) is 0 Å². The maximum Gasteiger partial charge on any atom is 0.0547 e. The molecule has 0 atom stereocenters. The number of nitrogens with zero attached hydrogens (tertiary/aromatic N) is 1. The van der Waals surface area contributed by atoms with Crippen molar-refractivity contribution < 1.29 is 0 Å². The molecule has 0 spiro atoms. The van der Waals surface area contributed by atoms with Crippen LogP contribution >= 0.6 is 11.8 Å². The van der Waals surface area contributed by atoms with Crippen molar-refractivity contribution in [1.29, 1.82) is 0 Å². The Morgan fingerprint density at radius 1 is 1.19 bits per heavy atom. The van der Waals surface area contributed by atoms with Gasteiger partial charge in [0.05, 0.1) is 23.8 Å². The molecule has 0 unspecified atom stereocenters. The molecule has 1 aromatic heterocycles. The Balaban J connectivity index is 2.16. The second-order valence-corrected chi connectivity index (χ2v) is 4.68. The fourth-order valence-electron chi connectivity index (χ4n) is 1.45. The van der Waals surface area contributed by atoms with Gasteiger partial charge in [-0.15, -0.1) is 0 Å². The number of unbranched alkanes of at least 4 members (excludes halogenated alkanes) is 2. The molecule has 0 aromatic carbocycles. The van der Waals surface area contributed by atoms with Gasteiger partial charge in [0.25, 0.3) is 0 Å². The highest BCUT2D eigenvalue weighted by atomic mass is 32.2. The number of thioether (sulfide) groups is 1. The lowest BCUT2D eigenvalue weighted by molar-refractivity contribution is 0.749. The molecule has 0 saturated carbocycles. The van der Waals surface area contributed by atoms with E-state index in [0.29, 0.717) is 0 Å². The quantitative estimate of drug-likeness (QED) is 0.684. The summed E-state index contributed by atoms with van der Waals surface area (Å²) in [7, 11) is 1.91. The van der Waals surface area contributed by atoms with Crippen molar-refractivity contribution in [1.82, 2.24) is 4.98 Å². The predicted octanol–water partition coefficient (Wildman–Crippen LogP) is 3.07. The lowest BCUT2D eigenvalue weighted by Crippen LogP contribution is -2.02. The van der Waals surface area contributed by atoms with Crippen LogP contribution in [-0.4, -0.2) is 30.6 Å². The van der Waals surface area contributed by atoms with E-state index in [1.165, 1.54) is 25.0 Å². The summed E-state index contributed by atoms with van der Waals surface area (Å²) in [6, 6.07) is 2.08. The van der Waals surface area contributed by atoms with Crippen molar-refractivity contribution in [2.24, 2.45) is 0 Å². The Kier molecular flexibility index (Phi) is 6.81. The Labute approximate surface area is 102 Å². The number of anilines is 2. The number of aromatic nitrogens is 1. The van der Waals surface area contributed by atoms with Crippen LogP contribution < -0.4 is 10.6 Å². The third-order valence-corrected chi connectivity index (χ3v) is 3.08. The highest BCUT2D eigenvalue weighted by Gasteiger charge is 1.94. The SMILES string of the molecule is CNc1cncc(NCCCCCSC)c1. The molecular weight excluding hydrogens is 218 g/mol. The first-order chi connectivity index (χ1) is 7.86. The van der Waals surface area contributed by atoms with E-state index in [2.05, 4.69) is 27.9 Å². The van der Waals surface area contributed by atoms with Crippen molar-refractivity contribution in [2.75, 3.05) is 36.2 Å². The molecule has 0 radical (unpaired) electrons. The van der Waals surface area contributed by atoms with Crippen LogP contribution in [-0.2, 0) is 0 Å². The summed E-state index contributed by atoms with van der Waals surface area (Å²) >= 11 is 1.92. The summed E-state index contributed by atoms with van der Waals surface area (Å²) in [6.07, 6.45) is 9.69. The van der Waals surface area contributed by atoms with Crippen LogP contribution in [0.4, 0.5) is 11.4 Å². The van der Waals surface area contributed by atoms with E-state index < -0.39 is 0 Å². The van der Waals surface area contributed by atoms with Gasteiger partial charge >= 0.3 is 0 Å². The molecule has 3 nitrogen and oxygen atoms in total. The maximum atomic E-state index is 4.16. The van der Waals surface area contributed by atoms with Gasteiger partial charge in [-0.25, -0.2) is 0 Å². The van der Waals surface area contributed by atoms with Crippen LogP contribution in [0.25, 0.3) is 0 Å². The molecule has 90 valence electrons. The molecule has 0 aliphatic heterocycles. The highest BCUT2D eigenvalue weighted by Crippen LogP contribution is 2.12. The van der Waals surface area contributed by atoms with Crippen LogP contribution in [0.3, 0.4) is 0 Å². The van der Waals surface area contributed by atoms with Crippen LogP contribution in [0.2, 0.25) is 0 Å².